The van der Waals surface area contributed by atoms with Gasteiger partial charge in [0, 0.05) is 28.7 Å². The van der Waals surface area contributed by atoms with Crippen LogP contribution < -0.4 is 9.62 Å². The van der Waals surface area contributed by atoms with Gasteiger partial charge in [-0.15, -0.1) is 0 Å². The zero-order valence-corrected chi connectivity index (χ0v) is 21.1. The van der Waals surface area contributed by atoms with Crippen LogP contribution in [0.1, 0.15) is 43.0 Å². The summed E-state index contributed by atoms with van der Waals surface area (Å²) in [6.07, 6.45) is 1.78. The van der Waals surface area contributed by atoms with Crippen LogP contribution in [0.5, 0.6) is 0 Å². The van der Waals surface area contributed by atoms with Gasteiger partial charge in [0.15, 0.2) is 0 Å². The normalized spacial score (nSPS) is 16.5. The van der Waals surface area contributed by atoms with Crippen molar-refractivity contribution in [2.24, 2.45) is 0 Å². The number of rotatable bonds is 7. The van der Waals surface area contributed by atoms with Crippen LogP contribution in [0, 0.1) is 0 Å². The van der Waals surface area contributed by atoms with Gasteiger partial charge < -0.3 is 4.90 Å². The van der Waals surface area contributed by atoms with Crippen LogP contribution in [0.3, 0.4) is 0 Å². The SMILES string of the molecule is C[C@H](NS(=O)(=O)c1ccc(CCC(=O)N2c3ccc(Br)cc3C[C@@H]2C)cc1)c1ccccc1. The summed E-state index contributed by atoms with van der Waals surface area (Å²) < 4.78 is 29.3. The molecule has 0 aromatic heterocycles. The third kappa shape index (κ3) is 5.37. The van der Waals surface area contributed by atoms with Crippen molar-refractivity contribution in [1.82, 2.24) is 4.72 Å². The molecule has 3 aromatic carbocycles. The molecule has 0 unspecified atom stereocenters. The standard InChI is InChI=1S/C26H27BrN2O3S/c1-18-16-22-17-23(27)11-14-25(22)29(18)26(30)15-10-20-8-12-24(13-9-20)33(31,32)28-19(2)21-6-4-3-5-7-21/h3-9,11-14,17-19,28H,10,15-16H2,1-2H3/t18-,19-/m0/s1. The van der Waals surface area contributed by atoms with Crippen molar-refractivity contribution in [3.63, 3.8) is 0 Å². The number of nitrogens with zero attached hydrogens (tertiary/aromatic N) is 1. The van der Waals surface area contributed by atoms with Crippen molar-refractivity contribution in [3.8, 4) is 0 Å². The number of hydrogen-bond donors (Lipinski definition) is 1. The van der Waals surface area contributed by atoms with Crippen LogP contribution in [-0.2, 0) is 27.7 Å². The van der Waals surface area contributed by atoms with Crippen LogP contribution in [0.15, 0.2) is 82.2 Å². The largest absolute Gasteiger partial charge is 0.309 e. The van der Waals surface area contributed by atoms with E-state index in [9.17, 15) is 13.2 Å². The minimum atomic E-state index is -3.64. The molecule has 1 N–H and O–H groups in total. The molecule has 3 aromatic rings. The molecule has 172 valence electrons. The molecule has 5 nitrogen and oxygen atoms in total. The lowest BCUT2D eigenvalue weighted by molar-refractivity contribution is -0.118. The van der Waals surface area contributed by atoms with E-state index < -0.39 is 10.0 Å². The number of carbonyl (C=O) groups is 1. The number of nitrogens with one attached hydrogen (secondary N) is 1. The maximum Gasteiger partial charge on any atom is 0.241 e. The Labute approximate surface area is 204 Å². The Morgan fingerprint density at radius 1 is 1.09 bits per heavy atom. The fraction of sp³-hybridized carbons (Fsp3) is 0.269. The highest BCUT2D eigenvalue weighted by atomic mass is 79.9. The Kier molecular flexibility index (Phi) is 7.02. The van der Waals surface area contributed by atoms with Crippen LogP contribution >= 0.6 is 15.9 Å². The predicted molar refractivity (Wildman–Crippen MR) is 135 cm³/mol. The topological polar surface area (TPSA) is 66.5 Å². The van der Waals surface area contributed by atoms with E-state index in [1.807, 2.05) is 54.3 Å². The molecular weight excluding hydrogens is 500 g/mol. The average molecular weight is 527 g/mol. The third-order valence-electron chi connectivity index (χ3n) is 6.02. The van der Waals surface area contributed by atoms with Crippen LogP contribution in [0.4, 0.5) is 5.69 Å². The van der Waals surface area contributed by atoms with Gasteiger partial charge >= 0.3 is 0 Å². The first-order valence-electron chi connectivity index (χ1n) is 11.0. The van der Waals surface area contributed by atoms with Crippen molar-refractivity contribution in [2.75, 3.05) is 4.90 Å². The molecule has 0 bridgehead atoms. The molecule has 0 aliphatic carbocycles. The molecule has 7 heteroatoms. The van der Waals surface area contributed by atoms with Crippen molar-refractivity contribution >= 4 is 37.5 Å². The minimum absolute atomic E-state index is 0.0821. The first-order valence-corrected chi connectivity index (χ1v) is 13.3. The molecule has 0 radical (unpaired) electrons. The predicted octanol–water partition coefficient (Wildman–Crippen LogP) is 5.40. The van der Waals surface area contributed by atoms with Gasteiger partial charge in [0.2, 0.25) is 15.9 Å². The maximum atomic E-state index is 13.0. The van der Waals surface area contributed by atoms with E-state index in [2.05, 4.69) is 33.6 Å². The number of benzene rings is 3. The molecule has 1 amide bonds. The van der Waals surface area contributed by atoms with Gasteiger partial charge in [-0.25, -0.2) is 13.1 Å². The second-order valence-corrected chi connectivity index (χ2v) is 11.1. The number of carbonyl (C=O) groups excluding carboxylic acids is 1. The van der Waals surface area contributed by atoms with Crippen LogP contribution in [-0.4, -0.2) is 20.4 Å². The molecule has 1 aliphatic rings. The maximum absolute atomic E-state index is 13.0. The van der Waals surface area contributed by atoms with E-state index >= 15 is 0 Å². The minimum Gasteiger partial charge on any atom is -0.309 e. The number of aryl methyl sites for hydroxylation is 1. The Morgan fingerprint density at radius 3 is 2.48 bits per heavy atom. The van der Waals surface area contributed by atoms with E-state index in [4.69, 9.17) is 0 Å². The van der Waals surface area contributed by atoms with Crippen molar-refractivity contribution < 1.29 is 13.2 Å². The van der Waals surface area contributed by atoms with Crippen LogP contribution in [0.2, 0.25) is 0 Å². The lowest BCUT2D eigenvalue weighted by atomic mass is 10.1. The van der Waals surface area contributed by atoms with Crippen LogP contribution in [0.25, 0.3) is 0 Å². The second-order valence-electron chi connectivity index (χ2n) is 8.49. The molecule has 0 fully saturated rings. The summed E-state index contributed by atoms with van der Waals surface area (Å²) in [5.41, 5.74) is 4.00. The Hall–Kier alpha value is -2.48. The summed E-state index contributed by atoms with van der Waals surface area (Å²) in [5.74, 6) is 0.0821. The summed E-state index contributed by atoms with van der Waals surface area (Å²) in [6.45, 7) is 3.89. The molecule has 1 aliphatic heterocycles. The molecule has 4 rings (SSSR count). The van der Waals surface area contributed by atoms with Crippen molar-refractivity contribution in [3.05, 3.63) is 94.0 Å². The number of anilines is 1. The molecule has 0 saturated carbocycles. The lowest BCUT2D eigenvalue weighted by Gasteiger charge is -2.23. The quantitative estimate of drug-likeness (QED) is 0.448. The first-order chi connectivity index (χ1) is 15.7. The van der Waals surface area contributed by atoms with Gasteiger partial charge in [0.1, 0.15) is 0 Å². The average Bonchev–Trinajstić information content (AvgIpc) is 3.12. The first kappa shape index (κ1) is 23.7. The fourth-order valence-corrected chi connectivity index (χ4v) is 5.94. The molecule has 0 saturated heterocycles. The molecular formula is C26H27BrN2O3S. The number of sulfonamides is 1. The highest BCUT2D eigenvalue weighted by Gasteiger charge is 2.30. The van der Waals surface area contributed by atoms with E-state index in [0.717, 1.165) is 27.7 Å². The van der Waals surface area contributed by atoms with E-state index in [-0.39, 0.29) is 22.9 Å². The Morgan fingerprint density at radius 2 is 1.79 bits per heavy atom. The Bertz CT molecular complexity index is 1240. The van der Waals surface area contributed by atoms with E-state index in [0.29, 0.717) is 12.8 Å². The molecule has 1 heterocycles. The van der Waals surface area contributed by atoms with Crippen molar-refractivity contribution in [2.45, 2.75) is 50.1 Å². The summed E-state index contributed by atoms with van der Waals surface area (Å²) in [4.78, 5) is 15.1. The highest BCUT2D eigenvalue weighted by molar-refractivity contribution is 9.10. The van der Waals surface area contributed by atoms with E-state index in [1.54, 1.807) is 24.3 Å². The molecule has 0 spiro atoms. The number of hydrogen-bond acceptors (Lipinski definition) is 3. The van der Waals surface area contributed by atoms with Gasteiger partial charge in [-0.3, -0.25) is 4.79 Å². The number of halogens is 1. The van der Waals surface area contributed by atoms with Gasteiger partial charge in [-0.05, 0) is 73.7 Å². The van der Waals surface area contributed by atoms with Gasteiger partial charge in [0.05, 0.1) is 4.90 Å². The monoisotopic (exact) mass is 526 g/mol. The molecule has 33 heavy (non-hydrogen) atoms. The fourth-order valence-electron chi connectivity index (χ4n) is 4.30. The van der Waals surface area contributed by atoms with Gasteiger partial charge in [-0.1, -0.05) is 58.4 Å². The number of fused-ring (bicyclic) bond motifs is 1. The summed E-state index contributed by atoms with van der Waals surface area (Å²) >= 11 is 3.50. The third-order valence-corrected chi connectivity index (χ3v) is 8.07. The van der Waals surface area contributed by atoms with Gasteiger partial charge in [-0.2, -0.15) is 0 Å². The zero-order chi connectivity index (χ0) is 23.6. The van der Waals surface area contributed by atoms with E-state index in [1.165, 1.54) is 5.56 Å². The Balaban J connectivity index is 1.38. The number of amides is 1. The van der Waals surface area contributed by atoms with Gasteiger partial charge in [0.25, 0.3) is 0 Å². The lowest BCUT2D eigenvalue weighted by Crippen LogP contribution is -2.35. The summed E-state index contributed by atoms with van der Waals surface area (Å²) in [5, 5.41) is 0. The summed E-state index contributed by atoms with van der Waals surface area (Å²) in [6, 6.07) is 22.1. The molecule has 2 atom stereocenters. The van der Waals surface area contributed by atoms with Crippen molar-refractivity contribution in [1.29, 1.82) is 0 Å². The second kappa shape index (κ2) is 9.79. The smallest absolute Gasteiger partial charge is 0.241 e. The summed E-state index contributed by atoms with van der Waals surface area (Å²) in [7, 11) is -3.64. The zero-order valence-electron chi connectivity index (χ0n) is 18.7. The highest BCUT2D eigenvalue weighted by Crippen LogP contribution is 2.34.